The first kappa shape index (κ1) is 5.06. The molecule has 0 radical (unpaired) electrons. The first-order chi connectivity index (χ1) is 3.27. The fraction of sp³-hybridized carbons (Fsp3) is 1.00. The Morgan fingerprint density at radius 3 is 2.57 bits per heavy atom. The lowest BCUT2D eigenvalue weighted by Gasteiger charge is -1.99. The van der Waals surface area contributed by atoms with E-state index in [1.807, 2.05) is 0 Å². The van der Waals surface area contributed by atoms with Crippen LogP contribution in [0, 0.1) is 0 Å². The van der Waals surface area contributed by atoms with E-state index in [0.29, 0.717) is 5.54 Å². The molecule has 0 saturated carbocycles. The quantitative estimate of drug-likeness (QED) is 0.468. The lowest BCUT2D eigenvalue weighted by molar-refractivity contribution is 0.635. The van der Waals surface area contributed by atoms with Gasteiger partial charge in [0.25, 0.3) is 0 Å². The largest absolute Gasteiger partial charge is 0.330 e. The van der Waals surface area contributed by atoms with Crippen molar-refractivity contribution < 1.29 is 0 Å². The van der Waals surface area contributed by atoms with Crippen molar-refractivity contribution in [2.45, 2.75) is 18.9 Å². The second-order valence-electron chi connectivity index (χ2n) is 2.45. The highest BCUT2D eigenvalue weighted by Crippen LogP contribution is 2.18. The van der Waals surface area contributed by atoms with Crippen LogP contribution in [0.3, 0.4) is 0 Å². The minimum atomic E-state index is 0.425. The molecular formula is C5H12N2. The smallest absolute Gasteiger partial charge is 0.0290 e. The zero-order valence-electron chi connectivity index (χ0n) is 4.70. The second-order valence-corrected chi connectivity index (χ2v) is 2.45. The van der Waals surface area contributed by atoms with Crippen LogP contribution < -0.4 is 11.1 Å². The number of hydrogen-bond acceptors (Lipinski definition) is 2. The minimum absolute atomic E-state index is 0.425. The summed E-state index contributed by atoms with van der Waals surface area (Å²) in [6.45, 7) is 4.16. The molecule has 0 bridgehead atoms. The maximum Gasteiger partial charge on any atom is 0.0290 e. The Morgan fingerprint density at radius 1 is 1.86 bits per heavy atom. The topological polar surface area (TPSA) is 48.0 Å². The van der Waals surface area contributed by atoms with Crippen molar-refractivity contribution in [3.8, 4) is 0 Å². The van der Waals surface area contributed by atoms with Gasteiger partial charge in [0.15, 0.2) is 0 Å². The minimum Gasteiger partial charge on any atom is -0.330 e. The molecular weight excluding hydrogens is 88.1 g/mol. The molecule has 1 rings (SSSR count). The van der Waals surface area contributed by atoms with Gasteiger partial charge in [0, 0.05) is 12.1 Å². The van der Waals surface area contributed by atoms with Gasteiger partial charge in [-0.3, -0.25) is 0 Å². The Morgan fingerprint density at radius 2 is 2.43 bits per heavy atom. The van der Waals surface area contributed by atoms with Gasteiger partial charge in [-0.1, -0.05) is 0 Å². The maximum atomic E-state index is 5.31. The van der Waals surface area contributed by atoms with Crippen LogP contribution in [0.15, 0.2) is 0 Å². The number of nitrogens with two attached hydrogens (primary N) is 1. The Bertz CT molecular complexity index is 66.5. The Hall–Kier alpha value is -0.0800. The molecule has 1 aliphatic rings. The molecule has 1 atom stereocenters. The predicted octanol–water partition coefficient (Wildman–Crippen LogP) is -0.303. The second kappa shape index (κ2) is 1.46. The van der Waals surface area contributed by atoms with Crippen LogP contribution in [0.4, 0.5) is 0 Å². The molecule has 0 spiro atoms. The van der Waals surface area contributed by atoms with E-state index in [2.05, 4.69) is 12.2 Å². The molecule has 0 aliphatic carbocycles. The molecule has 0 aromatic heterocycles. The van der Waals surface area contributed by atoms with E-state index in [-0.39, 0.29) is 0 Å². The van der Waals surface area contributed by atoms with Gasteiger partial charge in [0.05, 0.1) is 0 Å². The summed E-state index contributed by atoms with van der Waals surface area (Å²) in [6, 6.07) is 0. The van der Waals surface area contributed by atoms with Crippen molar-refractivity contribution in [1.29, 1.82) is 0 Å². The van der Waals surface area contributed by atoms with Gasteiger partial charge in [0.1, 0.15) is 0 Å². The number of hydrogen-bond donors (Lipinski definition) is 2. The van der Waals surface area contributed by atoms with E-state index in [0.717, 1.165) is 19.5 Å². The molecule has 1 unspecified atom stereocenters. The fourth-order valence-corrected chi connectivity index (χ4v) is 0.646. The van der Waals surface area contributed by atoms with Gasteiger partial charge in [-0.05, 0) is 19.9 Å². The number of rotatable bonds is 2. The van der Waals surface area contributed by atoms with E-state index in [1.54, 1.807) is 0 Å². The van der Waals surface area contributed by atoms with Gasteiger partial charge < -0.3 is 11.1 Å². The van der Waals surface area contributed by atoms with Crippen molar-refractivity contribution in [2.75, 3.05) is 13.1 Å². The molecule has 0 aromatic rings. The molecule has 3 N–H and O–H groups in total. The Balaban J connectivity index is 2.13. The molecule has 1 saturated heterocycles. The lowest BCUT2D eigenvalue weighted by atomic mass is 10.1. The number of nitrogens with one attached hydrogen (secondary N) is 1. The summed E-state index contributed by atoms with van der Waals surface area (Å²) in [6.07, 6.45) is 1.12. The predicted molar refractivity (Wildman–Crippen MR) is 30.1 cm³/mol. The molecule has 1 aliphatic heterocycles. The van der Waals surface area contributed by atoms with Crippen LogP contribution in [-0.4, -0.2) is 18.6 Å². The van der Waals surface area contributed by atoms with Crippen LogP contribution in [0.25, 0.3) is 0 Å². The van der Waals surface area contributed by atoms with Crippen molar-refractivity contribution >= 4 is 0 Å². The summed E-state index contributed by atoms with van der Waals surface area (Å²) >= 11 is 0. The average molecular weight is 100 g/mol. The zero-order valence-corrected chi connectivity index (χ0v) is 4.70. The van der Waals surface area contributed by atoms with E-state index >= 15 is 0 Å². The summed E-state index contributed by atoms with van der Waals surface area (Å²) in [5.74, 6) is 0. The molecule has 7 heavy (non-hydrogen) atoms. The summed E-state index contributed by atoms with van der Waals surface area (Å²) in [7, 11) is 0. The standard InChI is InChI=1S/C5H12N2/c1-5(2-3-6)4-7-5/h7H,2-4,6H2,1H3. The van der Waals surface area contributed by atoms with Crippen molar-refractivity contribution in [1.82, 2.24) is 5.32 Å². The molecule has 0 amide bonds. The van der Waals surface area contributed by atoms with Crippen LogP contribution in [-0.2, 0) is 0 Å². The van der Waals surface area contributed by atoms with Crippen LogP contribution in [0.5, 0.6) is 0 Å². The Labute approximate surface area is 44.1 Å². The zero-order chi connectivity index (χ0) is 5.33. The van der Waals surface area contributed by atoms with Crippen molar-refractivity contribution in [3.63, 3.8) is 0 Å². The van der Waals surface area contributed by atoms with Crippen molar-refractivity contribution in [2.24, 2.45) is 5.73 Å². The van der Waals surface area contributed by atoms with Crippen LogP contribution in [0.1, 0.15) is 13.3 Å². The average Bonchev–Trinajstić information content (AvgIpc) is 2.22. The van der Waals surface area contributed by atoms with Gasteiger partial charge in [-0.25, -0.2) is 0 Å². The lowest BCUT2D eigenvalue weighted by Crippen LogP contribution is -2.15. The molecule has 1 heterocycles. The Kier molecular flexibility index (Phi) is 1.05. The molecule has 1 fully saturated rings. The van der Waals surface area contributed by atoms with Gasteiger partial charge in [0.2, 0.25) is 0 Å². The highest BCUT2D eigenvalue weighted by atomic mass is 15.1. The van der Waals surface area contributed by atoms with Crippen molar-refractivity contribution in [3.05, 3.63) is 0 Å². The van der Waals surface area contributed by atoms with E-state index < -0.39 is 0 Å². The molecule has 42 valence electrons. The third-order valence-electron chi connectivity index (χ3n) is 1.48. The highest BCUT2D eigenvalue weighted by Gasteiger charge is 2.34. The fourth-order valence-electron chi connectivity index (χ4n) is 0.646. The maximum absolute atomic E-state index is 5.31. The summed E-state index contributed by atoms with van der Waals surface area (Å²) in [4.78, 5) is 0. The summed E-state index contributed by atoms with van der Waals surface area (Å²) in [5, 5.41) is 3.23. The molecule has 0 aromatic carbocycles. The summed E-state index contributed by atoms with van der Waals surface area (Å²) < 4.78 is 0. The van der Waals surface area contributed by atoms with Gasteiger partial charge in [-0.2, -0.15) is 0 Å². The summed E-state index contributed by atoms with van der Waals surface area (Å²) in [5.41, 5.74) is 5.74. The first-order valence-electron chi connectivity index (χ1n) is 2.72. The van der Waals surface area contributed by atoms with E-state index in [9.17, 15) is 0 Å². The first-order valence-corrected chi connectivity index (χ1v) is 2.72. The van der Waals surface area contributed by atoms with E-state index in [4.69, 9.17) is 5.73 Å². The van der Waals surface area contributed by atoms with Crippen LogP contribution >= 0.6 is 0 Å². The van der Waals surface area contributed by atoms with Gasteiger partial charge >= 0.3 is 0 Å². The van der Waals surface area contributed by atoms with Gasteiger partial charge in [-0.15, -0.1) is 0 Å². The SMILES string of the molecule is CC1(CCN)CN1. The highest BCUT2D eigenvalue weighted by molar-refractivity contribution is 4.99. The normalized spacial score (nSPS) is 38.6. The third-order valence-corrected chi connectivity index (χ3v) is 1.48. The monoisotopic (exact) mass is 100 g/mol. The third kappa shape index (κ3) is 1.14. The van der Waals surface area contributed by atoms with E-state index in [1.165, 1.54) is 0 Å². The van der Waals surface area contributed by atoms with Crippen LogP contribution in [0.2, 0.25) is 0 Å². The molecule has 2 heteroatoms. The molecule has 2 nitrogen and oxygen atoms in total.